The summed E-state index contributed by atoms with van der Waals surface area (Å²) in [5.74, 6) is -0.446. The number of hydrogen-bond donors (Lipinski definition) is 0. The van der Waals surface area contributed by atoms with Crippen molar-refractivity contribution in [2.75, 3.05) is 26.7 Å². The first-order chi connectivity index (χ1) is 10.1. The average molecular weight is 296 g/mol. The highest BCUT2D eigenvalue weighted by Crippen LogP contribution is 2.19. The molecule has 2 amide bonds. The van der Waals surface area contributed by atoms with Crippen LogP contribution in [0.2, 0.25) is 0 Å². The molecule has 0 aromatic rings. The van der Waals surface area contributed by atoms with Crippen molar-refractivity contribution in [2.45, 2.75) is 51.0 Å². The summed E-state index contributed by atoms with van der Waals surface area (Å²) in [5.41, 5.74) is 0. The lowest BCUT2D eigenvalue weighted by Crippen LogP contribution is -2.52. The zero-order chi connectivity index (χ0) is 15.2. The number of carbonyl (C=O) groups is 3. The minimum Gasteiger partial charge on any atom is -0.467 e. The number of nitrogens with zero attached hydrogens (tertiary/aromatic N) is 2. The van der Waals surface area contributed by atoms with Crippen molar-refractivity contribution in [3.63, 3.8) is 0 Å². The molecule has 0 bridgehead atoms. The van der Waals surface area contributed by atoms with Gasteiger partial charge in [-0.1, -0.05) is 6.42 Å². The van der Waals surface area contributed by atoms with Gasteiger partial charge in [-0.15, -0.1) is 0 Å². The van der Waals surface area contributed by atoms with Crippen molar-refractivity contribution in [1.29, 1.82) is 0 Å². The lowest BCUT2D eigenvalue weighted by atomic mass is 10.0. The van der Waals surface area contributed by atoms with E-state index in [4.69, 9.17) is 4.74 Å². The molecule has 2 fully saturated rings. The molecule has 2 heterocycles. The molecule has 0 aromatic heterocycles. The van der Waals surface area contributed by atoms with Crippen molar-refractivity contribution in [3.05, 3.63) is 0 Å². The van der Waals surface area contributed by atoms with Gasteiger partial charge in [-0.05, 0) is 32.1 Å². The summed E-state index contributed by atoms with van der Waals surface area (Å²) in [4.78, 5) is 39.5. The first kappa shape index (κ1) is 15.8. The van der Waals surface area contributed by atoms with Crippen molar-refractivity contribution in [3.8, 4) is 0 Å². The maximum absolute atomic E-state index is 12.5. The quantitative estimate of drug-likeness (QED) is 0.727. The third-order valence-corrected chi connectivity index (χ3v) is 4.29. The Hall–Kier alpha value is -1.59. The second kappa shape index (κ2) is 7.43. The summed E-state index contributed by atoms with van der Waals surface area (Å²) in [6.45, 7) is 1.30. The van der Waals surface area contributed by atoms with Crippen LogP contribution in [0.25, 0.3) is 0 Å². The van der Waals surface area contributed by atoms with Gasteiger partial charge in [-0.2, -0.15) is 0 Å². The molecule has 0 saturated carbocycles. The summed E-state index contributed by atoms with van der Waals surface area (Å²) < 4.78 is 4.79. The maximum atomic E-state index is 12.5. The van der Waals surface area contributed by atoms with Crippen LogP contribution in [0.1, 0.15) is 44.9 Å². The number of ether oxygens (including phenoxy) is 1. The number of esters is 1. The van der Waals surface area contributed by atoms with E-state index in [0.717, 1.165) is 32.1 Å². The predicted octanol–water partition coefficient (Wildman–Crippen LogP) is 0.943. The fourth-order valence-electron chi connectivity index (χ4n) is 3.07. The Morgan fingerprint density at radius 1 is 1.14 bits per heavy atom. The van der Waals surface area contributed by atoms with E-state index in [-0.39, 0.29) is 24.3 Å². The Balaban J connectivity index is 1.99. The molecule has 2 saturated heterocycles. The van der Waals surface area contributed by atoms with Crippen LogP contribution in [0.4, 0.5) is 0 Å². The van der Waals surface area contributed by atoms with Gasteiger partial charge in [0.05, 0.1) is 13.7 Å². The SMILES string of the molecule is COC(=O)[C@H]1CCCCN1C(=O)CN1CCCCCC1=O. The van der Waals surface area contributed by atoms with Crippen molar-refractivity contribution in [2.24, 2.45) is 0 Å². The molecule has 2 rings (SSSR count). The van der Waals surface area contributed by atoms with Crippen LogP contribution in [0, 0.1) is 0 Å². The van der Waals surface area contributed by atoms with Crippen LogP contribution >= 0.6 is 0 Å². The van der Waals surface area contributed by atoms with E-state index in [2.05, 4.69) is 0 Å². The second-order valence-corrected chi connectivity index (χ2v) is 5.75. The normalized spacial score (nSPS) is 23.7. The van der Waals surface area contributed by atoms with Gasteiger partial charge in [0.15, 0.2) is 0 Å². The summed E-state index contributed by atoms with van der Waals surface area (Å²) in [6, 6.07) is -0.488. The standard InChI is InChI=1S/C15H24N2O4/c1-21-15(20)12-7-4-6-10-17(12)14(19)11-16-9-5-2-3-8-13(16)18/h12H,2-11H2,1H3/t12-/m1/s1. The number of amides is 2. The zero-order valence-corrected chi connectivity index (χ0v) is 12.7. The molecule has 6 heteroatoms. The van der Waals surface area contributed by atoms with Gasteiger partial charge in [-0.3, -0.25) is 9.59 Å². The van der Waals surface area contributed by atoms with Gasteiger partial charge < -0.3 is 14.5 Å². The van der Waals surface area contributed by atoms with Gasteiger partial charge in [0.1, 0.15) is 6.04 Å². The largest absolute Gasteiger partial charge is 0.467 e. The highest BCUT2D eigenvalue weighted by Gasteiger charge is 2.34. The topological polar surface area (TPSA) is 66.9 Å². The minimum atomic E-state index is -0.488. The molecule has 0 unspecified atom stereocenters. The highest BCUT2D eigenvalue weighted by molar-refractivity contribution is 5.88. The lowest BCUT2D eigenvalue weighted by Gasteiger charge is -2.35. The Kier molecular flexibility index (Phi) is 5.59. The van der Waals surface area contributed by atoms with E-state index in [1.54, 1.807) is 9.80 Å². The molecule has 118 valence electrons. The van der Waals surface area contributed by atoms with Gasteiger partial charge in [0, 0.05) is 19.5 Å². The van der Waals surface area contributed by atoms with E-state index in [1.807, 2.05) is 0 Å². The van der Waals surface area contributed by atoms with Crippen molar-refractivity contribution >= 4 is 17.8 Å². The van der Waals surface area contributed by atoms with Crippen LogP contribution < -0.4 is 0 Å². The monoisotopic (exact) mass is 296 g/mol. The number of carbonyl (C=O) groups excluding carboxylic acids is 3. The Bertz CT molecular complexity index is 410. The predicted molar refractivity (Wildman–Crippen MR) is 76.4 cm³/mol. The smallest absolute Gasteiger partial charge is 0.328 e. The van der Waals surface area contributed by atoms with Gasteiger partial charge in [0.25, 0.3) is 0 Å². The molecule has 1 atom stereocenters. The van der Waals surface area contributed by atoms with E-state index in [1.165, 1.54) is 7.11 Å². The zero-order valence-electron chi connectivity index (χ0n) is 12.7. The lowest BCUT2D eigenvalue weighted by molar-refractivity contribution is -0.155. The molecule has 21 heavy (non-hydrogen) atoms. The molecule has 2 aliphatic rings. The number of piperidine rings is 1. The molecular weight excluding hydrogens is 272 g/mol. The third kappa shape index (κ3) is 3.95. The van der Waals surface area contributed by atoms with E-state index >= 15 is 0 Å². The van der Waals surface area contributed by atoms with E-state index in [9.17, 15) is 14.4 Å². The van der Waals surface area contributed by atoms with Gasteiger partial charge in [-0.25, -0.2) is 4.79 Å². The third-order valence-electron chi connectivity index (χ3n) is 4.29. The van der Waals surface area contributed by atoms with Crippen LogP contribution in [-0.2, 0) is 19.1 Å². The van der Waals surface area contributed by atoms with Crippen molar-refractivity contribution < 1.29 is 19.1 Å². The molecule has 6 nitrogen and oxygen atoms in total. The average Bonchev–Trinajstić information content (AvgIpc) is 2.71. The highest BCUT2D eigenvalue weighted by atomic mass is 16.5. The van der Waals surface area contributed by atoms with Gasteiger partial charge >= 0.3 is 5.97 Å². The summed E-state index contributed by atoms with van der Waals surface area (Å²) in [6.07, 6.45) is 5.86. The first-order valence-corrected chi connectivity index (χ1v) is 7.78. The van der Waals surface area contributed by atoms with Crippen LogP contribution in [0.5, 0.6) is 0 Å². The molecule has 0 radical (unpaired) electrons. The van der Waals surface area contributed by atoms with Crippen LogP contribution in [0.3, 0.4) is 0 Å². The molecule has 0 aliphatic carbocycles. The van der Waals surface area contributed by atoms with E-state index < -0.39 is 6.04 Å². The number of hydrogen-bond acceptors (Lipinski definition) is 4. The van der Waals surface area contributed by atoms with E-state index in [0.29, 0.717) is 25.9 Å². The number of likely N-dealkylation sites (tertiary alicyclic amines) is 2. The molecule has 2 aliphatic heterocycles. The Morgan fingerprint density at radius 3 is 2.67 bits per heavy atom. The summed E-state index contributed by atoms with van der Waals surface area (Å²) in [5, 5.41) is 0. The fourth-order valence-corrected chi connectivity index (χ4v) is 3.07. The second-order valence-electron chi connectivity index (χ2n) is 5.75. The summed E-state index contributed by atoms with van der Waals surface area (Å²) in [7, 11) is 1.35. The number of rotatable bonds is 3. The van der Waals surface area contributed by atoms with Crippen LogP contribution in [0.15, 0.2) is 0 Å². The van der Waals surface area contributed by atoms with Crippen molar-refractivity contribution in [1.82, 2.24) is 9.80 Å². The molecule has 0 spiro atoms. The van der Waals surface area contributed by atoms with Gasteiger partial charge in [0.2, 0.25) is 11.8 Å². The molecule has 0 N–H and O–H groups in total. The Morgan fingerprint density at radius 2 is 1.90 bits per heavy atom. The summed E-state index contributed by atoms with van der Waals surface area (Å²) >= 11 is 0. The first-order valence-electron chi connectivity index (χ1n) is 7.78. The fraction of sp³-hybridized carbons (Fsp3) is 0.800. The Labute approximate surface area is 125 Å². The maximum Gasteiger partial charge on any atom is 0.328 e. The minimum absolute atomic E-state index is 0.0486. The molecular formula is C15H24N2O4. The number of methoxy groups -OCH3 is 1. The van der Waals surface area contributed by atoms with Crippen LogP contribution in [-0.4, -0.2) is 60.4 Å². The molecule has 0 aromatic carbocycles.